The number of phenols is 1. The second-order valence-corrected chi connectivity index (χ2v) is 16.4. The lowest BCUT2D eigenvalue weighted by atomic mass is 9.51. The van der Waals surface area contributed by atoms with E-state index in [0.717, 1.165) is 5.57 Å². The lowest BCUT2D eigenvalue weighted by Crippen LogP contribution is -2.72. The van der Waals surface area contributed by atoms with Gasteiger partial charge in [0.05, 0.1) is 11.2 Å². The fourth-order valence-electron chi connectivity index (χ4n) is 9.91. The molecule has 47 heavy (non-hydrogen) atoms. The summed E-state index contributed by atoms with van der Waals surface area (Å²) in [7, 11) is 0. The SMILES string of the molecule is CC(C)=CCc1c2c(c(O)c3c1OC(C)(C)C1CCC(C)(O)CC31)C(=O)C1=C[C@@H]3CC4C(C)(C)O[C@@](C/C=C(/C)C(=O)O)(C3=O)[C@@]14O2. The van der Waals surface area contributed by atoms with Gasteiger partial charge >= 0.3 is 5.97 Å². The molecule has 4 aliphatic carbocycles. The molecule has 4 unspecified atom stereocenters. The van der Waals surface area contributed by atoms with E-state index in [0.29, 0.717) is 49.0 Å². The molecule has 3 heterocycles. The third kappa shape index (κ3) is 4.17. The number of Topliss-reactive ketones (excluding diaryl/α,β-unsaturated/α-hetero) is 2. The Morgan fingerprint density at radius 1 is 1.02 bits per heavy atom. The van der Waals surface area contributed by atoms with Gasteiger partial charge in [0.1, 0.15) is 28.4 Å². The van der Waals surface area contributed by atoms with E-state index in [4.69, 9.17) is 14.2 Å². The van der Waals surface area contributed by atoms with Crippen LogP contribution in [0.1, 0.15) is 115 Å². The second-order valence-electron chi connectivity index (χ2n) is 16.4. The minimum atomic E-state index is -1.65. The van der Waals surface area contributed by atoms with Gasteiger partial charge in [-0.2, -0.15) is 0 Å². The largest absolute Gasteiger partial charge is 0.507 e. The summed E-state index contributed by atoms with van der Waals surface area (Å²) in [5.74, 6) is -2.59. The highest BCUT2D eigenvalue weighted by atomic mass is 16.6. The zero-order valence-electron chi connectivity index (χ0n) is 28.6. The number of aromatic hydroxyl groups is 1. The molecule has 3 N–H and O–H groups in total. The fraction of sp³-hybridized carbons (Fsp3) is 0.605. The van der Waals surface area contributed by atoms with Gasteiger partial charge in [-0.05, 0) is 87.5 Å². The highest BCUT2D eigenvalue weighted by molar-refractivity contribution is 6.18. The van der Waals surface area contributed by atoms with Crippen LogP contribution >= 0.6 is 0 Å². The molecular formula is C38H46O9. The van der Waals surface area contributed by atoms with Crippen LogP contribution in [0.15, 0.2) is 34.9 Å². The number of ether oxygens (including phenoxy) is 3. The number of carbonyl (C=O) groups excluding carboxylic acids is 2. The lowest BCUT2D eigenvalue weighted by Gasteiger charge is -2.57. The summed E-state index contributed by atoms with van der Waals surface area (Å²) in [5, 5.41) is 33.1. The minimum Gasteiger partial charge on any atom is -0.507 e. The molecule has 7 atom stereocenters. The van der Waals surface area contributed by atoms with Crippen LogP contribution < -0.4 is 9.47 Å². The average molecular weight is 647 g/mol. The number of aliphatic carboxylic acids is 1. The molecule has 3 fully saturated rings. The van der Waals surface area contributed by atoms with Crippen LogP contribution in [0, 0.1) is 17.8 Å². The number of fused-ring (bicyclic) bond motifs is 4. The number of carboxylic acid groups (broad SMARTS) is 1. The summed E-state index contributed by atoms with van der Waals surface area (Å²) in [4.78, 5) is 41.2. The summed E-state index contributed by atoms with van der Waals surface area (Å²) in [6.45, 7) is 15.1. The van der Waals surface area contributed by atoms with Crippen LogP contribution in [0.2, 0.25) is 0 Å². The van der Waals surface area contributed by atoms with Crippen LogP contribution in [-0.4, -0.2) is 60.9 Å². The van der Waals surface area contributed by atoms with Gasteiger partial charge in [-0.25, -0.2) is 4.79 Å². The van der Waals surface area contributed by atoms with E-state index < -0.39 is 51.6 Å². The summed E-state index contributed by atoms with van der Waals surface area (Å²) in [5.41, 5.74) is -3.08. The Bertz CT molecular complexity index is 1730. The van der Waals surface area contributed by atoms with E-state index in [2.05, 4.69) is 0 Å². The molecule has 3 aliphatic heterocycles. The summed E-state index contributed by atoms with van der Waals surface area (Å²) in [6.07, 6.45) is 7.61. The Hall–Kier alpha value is -3.43. The molecule has 1 aromatic carbocycles. The first kappa shape index (κ1) is 32.1. The number of carboxylic acids is 1. The zero-order chi connectivity index (χ0) is 34.2. The highest BCUT2D eigenvalue weighted by Crippen LogP contribution is 2.69. The lowest BCUT2D eigenvalue weighted by molar-refractivity contribution is -0.171. The first-order valence-electron chi connectivity index (χ1n) is 16.8. The molecule has 0 aromatic heterocycles. The monoisotopic (exact) mass is 646 g/mol. The van der Waals surface area contributed by atoms with Gasteiger partial charge in [0.15, 0.2) is 22.8 Å². The van der Waals surface area contributed by atoms with Crippen molar-refractivity contribution >= 4 is 17.5 Å². The Morgan fingerprint density at radius 2 is 1.72 bits per heavy atom. The van der Waals surface area contributed by atoms with Crippen LogP contribution in [0.3, 0.4) is 0 Å². The Balaban J connectivity index is 1.52. The number of allylic oxidation sites excluding steroid dienone is 3. The maximum Gasteiger partial charge on any atom is 0.330 e. The van der Waals surface area contributed by atoms with Gasteiger partial charge in [-0.15, -0.1) is 0 Å². The standard InChI is InChI=1S/C38H46O9/c1-18(2)9-10-21-30-26(22-17-36(8,44)13-12-23(22)34(4,5)45-30)29(40)27-28(39)24-15-20-16-25-35(6,7)47-37(32(20)41,14-11-19(3)33(42)43)38(24,25)46-31(21)27/h9,11,15,20,22-23,25,40,44H,10,12-14,16-17H2,1-8H3,(H,42,43)/b19-11-/t20-,22?,23?,25?,36?,37+,38-/m1/s1. The molecule has 1 spiro atoms. The summed E-state index contributed by atoms with van der Waals surface area (Å²) < 4.78 is 20.8. The van der Waals surface area contributed by atoms with Crippen molar-refractivity contribution in [2.45, 2.75) is 128 Å². The van der Waals surface area contributed by atoms with E-state index in [-0.39, 0.29) is 52.2 Å². The van der Waals surface area contributed by atoms with Crippen molar-refractivity contribution < 1.29 is 43.9 Å². The molecule has 0 radical (unpaired) electrons. The quantitative estimate of drug-likeness (QED) is 0.254. The maximum absolute atomic E-state index is 15.0. The predicted octanol–water partition coefficient (Wildman–Crippen LogP) is 6.13. The number of hydrogen-bond donors (Lipinski definition) is 3. The first-order chi connectivity index (χ1) is 21.8. The number of rotatable bonds is 5. The molecule has 8 rings (SSSR count). The molecule has 4 bridgehead atoms. The molecule has 252 valence electrons. The third-order valence-corrected chi connectivity index (χ3v) is 12.1. The van der Waals surface area contributed by atoms with Gasteiger partial charge in [-0.3, -0.25) is 9.59 Å². The van der Waals surface area contributed by atoms with Crippen molar-refractivity contribution in [3.63, 3.8) is 0 Å². The van der Waals surface area contributed by atoms with Crippen molar-refractivity contribution in [3.8, 4) is 17.2 Å². The van der Waals surface area contributed by atoms with E-state index in [1.54, 1.807) is 6.08 Å². The van der Waals surface area contributed by atoms with E-state index in [1.165, 1.54) is 13.0 Å². The topological polar surface area (TPSA) is 140 Å². The Labute approximate surface area is 275 Å². The second kappa shape index (κ2) is 9.82. The number of aliphatic hydroxyl groups is 1. The van der Waals surface area contributed by atoms with Gasteiger partial charge in [0, 0.05) is 52.4 Å². The number of ketones is 2. The molecule has 2 saturated carbocycles. The van der Waals surface area contributed by atoms with Crippen LogP contribution in [0.5, 0.6) is 17.2 Å². The van der Waals surface area contributed by atoms with E-state index in [9.17, 15) is 29.7 Å². The summed E-state index contributed by atoms with van der Waals surface area (Å²) >= 11 is 0. The predicted molar refractivity (Wildman–Crippen MR) is 173 cm³/mol. The molecule has 7 aliphatic rings. The summed E-state index contributed by atoms with van der Waals surface area (Å²) in [6, 6.07) is 0. The van der Waals surface area contributed by atoms with E-state index in [1.807, 2.05) is 54.5 Å². The minimum absolute atomic E-state index is 0.00142. The van der Waals surface area contributed by atoms with Crippen LogP contribution in [0.25, 0.3) is 0 Å². The zero-order valence-corrected chi connectivity index (χ0v) is 28.6. The fourth-order valence-corrected chi connectivity index (χ4v) is 9.91. The Kier molecular flexibility index (Phi) is 6.71. The molecular weight excluding hydrogens is 600 g/mol. The smallest absolute Gasteiger partial charge is 0.330 e. The highest BCUT2D eigenvalue weighted by Gasteiger charge is 2.81. The number of phenolic OH excluding ortho intramolecular Hbond substituents is 1. The van der Waals surface area contributed by atoms with E-state index >= 15 is 0 Å². The van der Waals surface area contributed by atoms with Gasteiger partial charge in [0.2, 0.25) is 0 Å². The van der Waals surface area contributed by atoms with Crippen LogP contribution in [0.4, 0.5) is 0 Å². The normalized spacial score (nSPS) is 37.0. The van der Waals surface area contributed by atoms with Gasteiger partial charge in [0.25, 0.3) is 0 Å². The third-order valence-electron chi connectivity index (χ3n) is 12.1. The molecule has 1 saturated heterocycles. The van der Waals surface area contributed by atoms with Gasteiger partial charge in [-0.1, -0.05) is 23.8 Å². The van der Waals surface area contributed by atoms with Crippen molar-refractivity contribution in [2.24, 2.45) is 17.8 Å². The van der Waals surface area contributed by atoms with Crippen molar-refractivity contribution in [1.29, 1.82) is 0 Å². The van der Waals surface area contributed by atoms with Crippen molar-refractivity contribution in [2.75, 3.05) is 0 Å². The first-order valence-corrected chi connectivity index (χ1v) is 16.8. The molecule has 0 amide bonds. The van der Waals surface area contributed by atoms with Crippen molar-refractivity contribution in [3.05, 3.63) is 51.6 Å². The maximum atomic E-state index is 15.0. The van der Waals surface area contributed by atoms with Crippen molar-refractivity contribution in [1.82, 2.24) is 0 Å². The molecule has 1 aromatic rings. The number of benzene rings is 1. The molecule has 9 heteroatoms. The number of carbonyl (C=O) groups is 3. The Morgan fingerprint density at radius 3 is 2.38 bits per heavy atom. The molecule has 9 nitrogen and oxygen atoms in total. The van der Waals surface area contributed by atoms with Crippen LogP contribution in [-0.2, 0) is 20.7 Å². The number of hydrogen-bond acceptors (Lipinski definition) is 8. The average Bonchev–Trinajstić information content (AvgIpc) is 3.11. The van der Waals surface area contributed by atoms with Gasteiger partial charge < -0.3 is 29.5 Å².